The Morgan fingerprint density at radius 2 is 1.95 bits per heavy atom. The fourth-order valence-electron chi connectivity index (χ4n) is 1.44. The van der Waals surface area contributed by atoms with E-state index in [9.17, 15) is 23.3 Å². The van der Waals surface area contributed by atoms with Gasteiger partial charge in [0, 0.05) is 12.1 Å². The first-order valence-electron chi connectivity index (χ1n) is 6.34. The molecule has 1 rings (SSSR count). The Morgan fingerprint density at radius 3 is 2.50 bits per heavy atom. The summed E-state index contributed by atoms with van der Waals surface area (Å²) in [6, 6.07) is 4.57. The molecule has 10 heteroatoms. The van der Waals surface area contributed by atoms with Gasteiger partial charge in [0.1, 0.15) is 6.54 Å². The van der Waals surface area contributed by atoms with Crippen molar-refractivity contribution in [1.82, 2.24) is 5.48 Å². The van der Waals surface area contributed by atoms with Gasteiger partial charge in [-0.2, -0.15) is 5.48 Å². The Bertz CT molecular complexity index is 613. The fraction of sp³-hybridized carbons (Fsp3) is 0.417. The number of hydrogen-bond acceptors (Lipinski definition) is 8. The average molecular weight is 332 g/mol. The predicted molar refractivity (Wildman–Crippen MR) is 75.7 cm³/mol. The number of esters is 1. The van der Waals surface area contributed by atoms with Crippen molar-refractivity contribution in [2.24, 2.45) is 0 Å². The second-order valence-corrected chi connectivity index (χ2v) is 6.15. The molecule has 0 unspecified atom stereocenters. The number of benzene rings is 1. The van der Waals surface area contributed by atoms with Crippen LogP contribution in [0.15, 0.2) is 29.2 Å². The largest absolute Gasteiger partial charge is 0.465 e. The van der Waals surface area contributed by atoms with Gasteiger partial charge in [-0.15, -0.1) is 0 Å². The molecule has 0 aromatic heterocycles. The molecule has 0 aliphatic rings. The summed E-state index contributed by atoms with van der Waals surface area (Å²) in [6.07, 6.45) is 0. The molecule has 0 atom stereocenters. The molecule has 22 heavy (non-hydrogen) atoms. The molecule has 1 N–H and O–H groups in total. The number of non-ortho nitro benzene ring substituents is 1. The number of nitrogens with one attached hydrogen (secondary N) is 1. The van der Waals surface area contributed by atoms with Gasteiger partial charge in [-0.1, -0.05) is 0 Å². The van der Waals surface area contributed by atoms with Crippen LogP contribution in [0.1, 0.15) is 6.92 Å². The minimum Gasteiger partial charge on any atom is -0.465 e. The quantitative estimate of drug-likeness (QED) is 0.299. The van der Waals surface area contributed by atoms with E-state index < -0.39 is 20.7 Å². The number of nitro benzene ring substituents is 1. The van der Waals surface area contributed by atoms with E-state index in [-0.39, 0.29) is 36.1 Å². The maximum atomic E-state index is 11.9. The number of carbonyl (C=O) groups is 1. The highest BCUT2D eigenvalue weighted by Crippen LogP contribution is 2.16. The number of hydrogen-bond donors (Lipinski definition) is 1. The van der Waals surface area contributed by atoms with Crippen LogP contribution in [0, 0.1) is 10.1 Å². The molecule has 122 valence electrons. The molecule has 0 aliphatic carbocycles. The van der Waals surface area contributed by atoms with Crippen LogP contribution in [-0.2, 0) is 24.2 Å². The van der Waals surface area contributed by atoms with Gasteiger partial charge < -0.3 is 9.57 Å². The lowest BCUT2D eigenvalue weighted by molar-refractivity contribution is -0.384. The van der Waals surface area contributed by atoms with Crippen LogP contribution < -0.4 is 5.48 Å². The SMILES string of the molecule is CCOC(=O)CNOCCS(=O)(=O)c1ccc([N+](=O)[O-])cc1. The standard InChI is InChI=1S/C12H16N2O7S/c1-2-20-12(15)9-13-21-7-8-22(18,19)11-5-3-10(4-6-11)14(16)17/h3-6,13H,2,7-9H2,1H3. The van der Waals surface area contributed by atoms with Crippen LogP contribution in [-0.4, -0.2) is 44.8 Å². The maximum absolute atomic E-state index is 11.9. The van der Waals surface area contributed by atoms with Crippen molar-refractivity contribution >= 4 is 21.5 Å². The number of nitro groups is 1. The van der Waals surface area contributed by atoms with E-state index in [1.165, 1.54) is 12.1 Å². The number of hydroxylamine groups is 1. The summed E-state index contributed by atoms with van der Waals surface area (Å²) >= 11 is 0. The van der Waals surface area contributed by atoms with Crippen molar-refractivity contribution in [1.29, 1.82) is 0 Å². The Kier molecular flexibility index (Phi) is 6.89. The van der Waals surface area contributed by atoms with E-state index in [0.717, 1.165) is 12.1 Å². The molecule has 0 fully saturated rings. The third kappa shape index (κ3) is 5.76. The number of sulfone groups is 1. The summed E-state index contributed by atoms with van der Waals surface area (Å²) in [5.41, 5.74) is 2.10. The van der Waals surface area contributed by atoms with Gasteiger partial charge in [0.2, 0.25) is 0 Å². The molecule has 1 aromatic rings. The highest BCUT2D eigenvalue weighted by molar-refractivity contribution is 7.91. The Hall–Kier alpha value is -2.04. The van der Waals surface area contributed by atoms with Crippen LogP contribution >= 0.6 is 0 Å². The zero-order chi connectivity index (χ0) is 16.6. The lowest BCUT2D eigenvalue weighted by Gasteiger charge is -2.06. The van der Waals surface area contributed by atoms with E-state index in [1.54, 1.807) is 6.92 Å². The Balaban J connectivity index is 2.44. The van der Waals surface area contributed by atoms with Gasteiger partial charge in [0.25, 0.3) is 5.69 Å². The normalized spacial score (nSPS) is 11.1. The Labute approximate surface area is 127 Å². The summed E-state index contributed by atoms with van der Waals surface area (Å²) in [4.78, 5) is 25.7. The summed E-state index contributed by atoms with van der Waals surface area (Å²) in [5.74, 6) is -0.846. The molecular formula is C12H16N2O7S. The molecular weight excluding hydrogens is 316 g/mol. The first-order chi connectivity index (χ1) is 10.4. The molecule has 0 bridgehead atoms. The van der Waals surface area contributed by atoms with Crippen molar-refractivity contribution in [3.05, 3.63) is 34.4 Å². The predicted octanol–water partition coefficient (Wildman–Crippen LogP) is 0.453. The first kappa shape index (κ1) is 18.0. The maximum Gasteiger partial charge on any atom is 0.322 e. The topological polar surface area (TPSA) is 125 Å². The summed E-state index contributed by atoms with van der Waals surface area (Å²) in [7, 11) is -3.62. The van der Waals surface area contributed by atoms with Crippen LogP contribution in [0.5, 0.6) is 0 Å². The van der Waals surface area contributed by atoms with Crippen molar-refractivity contribution in [3.8, 4) is 0 Å². The third-order valence-electron chi connectivity index (χ3n) is 2.48. The van der Waals surface area contributed by atoms with Crippen molar-refractivity contribution in [2.45, 2.75) is 11.8 Å². The van der Waals surface area contributed by atoms with Gasteiger partial charge in [-0.25, -0.2) is 8.42 Å². The molecule has 0 saturated heterocycles. The van der Waals surface area contributed by atoms with E-state index in [4.69, 9.17) is 4.84 Å². The lowest BCUT2D eigenvalue weighted by Crippen LogP contribution is -2.27. The zero-order valence-corrected chi connectivity index (χ0v) is 12.7. The highest BCUT2D eigenvalue weighted by atomic mass is 32.2. The number of ether oxygens (including phenoxy) is 1. The van der Waals surface area contributed by atoms with Gasteiger partial charge in [-0.05, 0) is 19.1 Å². The van der Waals surface area contributed by atoms with E-state index in [2.05, 4.69) is 10.2 Å². The smallest absolute Gasteiger partial charge is 0.322 e. The van der Waals surface area contributed by atoms with Crippen molar-refractivity contribution < 1.29 is 27.7 Å². The molecule has 0 spiro atoms. The molecule has 0 amide bonds. The molecule has 0 heterocycles. The van der Waals surface area contributed by atoms with E-state index in [0.29, 0.717) is 0 Å². The summed E-state index contributed by atoms with van der Waals surface area (Å²) in [5, 5.41) is 10.5. The molecule has 0 saturated carbocycles. The van der Waals surface area contributed by atoms with Gasteiger partial charge in [-0.3, -0.25) is 14.9 Å². The first-order valence-corrected chi connectivity index (χ1v) is 7.99. The van der Waals surface area contributed by atoms with Crippen LogP contribution in [0.2, 0.25) is 0 Å². The number of rotatable bonds is 9. The van der Waals surface area contributed by atoms with Gasteiger partial charge in [0.15, 0.2) is 9.84 Å². The lowest BCUT2D eigenvalue weighted by atomic mass is 10.3. The van der Waals surface area contributed by atoms with Gasteiger partial charge >= 0.3 is 5.97 Å². The Morgan fingerprint density at radius 1 is 1.32 bits per heavy atom. The van der Waals surface area contributed by atoms with Crippen molar-refractivity contribution in [3.63, 3.8) is 0 Å². The second kappa shape index (κ2) is 8.41. The van der Waals surface area contributed by atoms with E-state index in [1.807, 2.05) is 0 Å². The minimum atomic E-state index is -3.62. The summed E-state index contributed by atoms with van der Waals surface area (Å²) in [6.45, 7) is 1.54. The van der Waals surface area contributed by atoms with Crippen LogP contribution in [0.4, 0.5) is 5.69 Å². The number of carbonyl (C=O) groups excluding carboxylic acids is 1. The fourth-order valence-corrected chi connectivity index (χ4v) is 2.53. The van der Waals surface area contributed by atoms with Crippen LogP contribution in [0.25, 0.3) is 0 Å². The molecule has 0 aliphatic heterocycles. The third-order valence-corrected chi connectivity index (χ3v) is 4.18. The monoisotopic (exact) mass is 332 g/mol. The average Bonchev–Trinajstić information content (AvgIpc) is 2.47. The number of nitrogens with zero attached hydrogens (tertiary/aromatic N) is 1. The van der Waals surface area contributed by atoms with Crippen molar-refractivity contribution in [2.75, 3.05) is 25.5 Å². The highest BCUT2D eigenvalue weighted by Gasteiger charge is 2.16. The summed E-state index contributed by atoms with van der Waals surface area (Å²) < 4.78 is 28.5. The molecule has 9 nitrogen and oxygen atoms in total. The van der Waals surface area contributed by atoms with Gasteiger partial charge in [0.05, 0.1) is 28.8 Å². The van der Waals surface area contributed by atoms with E-state index >= 15 is 0 Å². The zero-order valence-electron chi connectivity index (χ0n) is 11.9. The minimum absolute atomic E-state index is 0.0351. The second-order valence-electron chi connectivity index (χ2n) is 4.04. The van der Waals surface area contributed by atoms with Crippen LogP contribution in [0.3, 0.4) is 0 Å². The molecule has 1 aromatic carbocycles. The molecule has 0 radical (unpaired) electrons.